The number of nitrogens with one attached hydrogen (secondary N) is 2. The van der Waals surface area contributed by atoms with Crippen molar-refractivity contribution in [3.63, 3.8) is 0 Å². The van der Waals surface area contributed by atoms with E-state index in [1.807, 2.05) is 0 Å². The molecule has 0 aliphatic carbocycles. The quantitative estimate of drug-likeness (QED) is 0.238. The van der Waals surface area contributed by atoms with Crippen LogP contribution in [0.2, 0.25) is 0 Å². The van der Waals surface area contributed by atoms with Gasteiger partial charge in [-0.1, -0.05) is 0 Å². The van der Waals surface area contributed by atoms with E-state index in [2.05, 4.69) is 10.1 Å². The summed E-state index contributed by atoms with van der Waals surface area (Å²) in [4.78, 5) is 10.1. The molecule has 5 N–H and O–H groups in total. The molecule has 0 aromatic heterocycles. The Morgan fingerprint density at radius 3 is 2.82 bits per heavy atom. The van der Waals surface area contributed by atoms with Crippen LogP contribution < -0.4 is 11.1 Å². The van der Waals surface area contributed by atoms with Gasteiger partial charge >= 0.3 is 5.97 Å². The van der Waals surface area contributed by atoms with Gasteiger partial charge in [-0.3, -0.25) is 5.41 Å². The van der Waals surface area contributed by atoms with Crippen LogP contribution in [-0.2, 0) is 9.53 Å². The Bertz CT molecular complexity index is 159. The number of hydrogen-bond acceptors (Lipinski definition) is 3. The van der Waals surface area contributed by atoms with Gasteiger partial charge in [-0.15, -0.1) is 0 Å². The molecule has 0 aromatic rings. The second kappa shape index (κ2) is 4.51. The first-order valence-corrected chi connectivity index (χ1v) is 2.96. The fourth-order valence-electron chi connectivity index (χ4n) is 0.316. The second-order valence-corrected chi connectivity index (χ2v) is 1.88. The summed E-state index contributed by atoms with van der Waals surface area (Å²) in [5.74, 6) is -1.29. The minimum Gasteiger partial charge on any atom is -0.479 e. The van der Waals surface area contributed by atoms with Crippen LogP contribution in [-0.4, -0.2) is 29.9 Å². The molecule has 0 rings (SSSR count). The van der Waals surface area contributed by atoms with Crippen molar-refractivity contribution in [1.29, 1.82) is 5.41 Å². The van der Waals surface area contributed by atoms with E-state index in [1.165, 1.54) is 6.92 Å². The van der Waals surface area contributed by atoms with Crippen molar-refractivity contribution in [3.8, 4) is 0 Å². The SMILES string of the molecule is CC(OCNC(=N)N)C(=O)O. The molecule has 64 valence electrons. The highest BCUT2D eigenvalue weighted by Crippen LogP contribution is 1.87. The highest BCUT2D eigenvalue weighted by molar-refractivity contribution is 5.74. The number of guanidine groups is 1. The van der Waals surface area contributed by atoms with Gasteiger partial charge in [0, 0.05) is 0 Å². The molecule has 1 unspecified atom stereocenters. The maximum atomic E-state index is 10.1. The zero-order chi connectivity index (χ0) is 8.85. The van der Waals surface area contributed by atoms with Crippen molar-refractivity contribution in [2.45, 2.75) is 13.0 Å². The van der Waals surface area contributed by atoms with Crippen LogP contribution in [0.1, 0.15) is 6.92 Å². The van der Waals surface area contributed by atoms with Gasteiger partial charge < -0.3 is 20.9 Å². The first kappa shape index (κ1) is 9.70. The molecule has 0 bridgehead atoms. The highest BCUT2D eigenvalue weighted by atomic mass is 16.5. The number of nitrogens with two attached hydrogens (primary N) is 1. The summed E-state index contributed by atoms with van der Waals surface area (Å²) in [6.07, 6.45) is -0.887. The van der Waals surface area contributed by atoms with Crippen LogP contribution in [0.4, 0.5) is 0 Å². The average Bonchev–Trinajstić information content (AvgIpc) is 1.86. The molecule has 0 heterocycles. The molecule has 0 amide bonds. The van der Waals surface area contributed by atoms with E-state index >= 15 is 0 Å². The second-order valence-electron chi connectivity index (χ2n) is 1.88. The molecule has 0 radical (unpaired) electrons. The van der Waals surface area contributed by atoms with E-state index < -0.39 is 12.1 Å². The van der Waals surface area contributed by atoms with Gasteiger partial charge in [-0.05, 0) is 6.92 Å². The summed E-state index contributed by atoms with van der Waals surface area (Å²) in [7, 11) is 0. The summed E-state index contributed by atoms with van der Waals surface area (Å²) in [5.41, 5.74) is 4.90. The van der Waals surface area contributed by atoms with Crippen molar-refractivity contribution < 1.29 is 14.6 Å². The Morgan fingerprint density at radius 2 is 2.45 bits per heavy atom. The van der Waals surface area contributed by atoms with Crippen molar-refractivity contribution in [3.05, 3.63) is 0 Å². The molecular weight excluding hydrogens is 150 g/mol. The maximum absolute atomic E-state index is 10.1. The van der Waals surface area contributed by atoms with Gasteiger partial charge in [-0.2, -0.15) is 0 Å². The number of carboxylic acid groups (broad SMARTS) is 1. The number of carboxylic acids is 1. The van der Waals surface area contributed by atoms with Gasteiger partial charge in [0.1, 0.15) is 6.73 Å². The Morgan fingerprint density at radius 1 is 1.91 bits per heavy atom. The van der Waals surface area contributed by atoms with Crippen LogP contribution >= 0.6 is 0 Å². The van der Waals surface area contributed by atoms with E-state index in [-0.39, 0.29) is 12.7 Å². The fraction of sp³-hybridized carbons (Fsp3) is 0.600. The van der Waals surface area contributed by atoms with Crippen LogP contribution in [0, 0.1) is 5.41 Å². The van der Waals surface area contributed by atoms with E-state index in [9.17, 15) is 4.79 Å². The summed E-state index contributed by atoms with van der Waals surface area (Å²) in [6.45, 7) is 1.33. The summed E-state index contributed by atoms with van der Waals surface area (Å²) in [6, 6.07) is 0. The average molecular weight is 161 g/mol. The molecule has 0 aliphatic heterocycles. The molecule has 0 saturated carbocycles. The third-order valence-electron chi connectivity index (χ3n) is 0.944. The predicted octanol–water partition coefficient (Wildman–Crippen LogP) is -1.08. The molecule has 1 atom stereocenters. The van der Waals surface area contributed by atoms with Crippen LogP contribution in [0.3, 0.4) is 0 Å². The molecule has 6 nitrogen and oxygen atoms in total. The summed E-state index contributed by atoms with van der Waals surface area (Å²) in [5, 5.41) is 17.3. The lowest BCUT2D eigenvalue weighted by Gasteiger charge is -2.08. The van der Waals surface area contributed by atoms with Gasteiger partial charge in [0.2, 0.25) is 0 Å². The molecule has 0 saturated heterocycles. The first-order chi connectivity index (χ1) is 5.04. The van der Waals surface area contributed by atoms with Crippen molar-refractivity contribution >= 4 is 11.9 Å². The lowest BCUT2D eigenvalue weighted by atomic mass is 10.4. The van der Waals surface area contributed by atoms with Crippen LogP contribution in [0.5, 0.6) is 0 Å². The highest BCUT2D eigenvalue weighted by Gasteiger charge is 2.09. The lowest BCUT2D eigenvalue weighted by Crippen LogP contribution is -2.35. The third-order valence-corrected chi connectivity index (χ3v) is 0.944. The summed E-state index contributed by atoms with van der Waals surface area (Å²) < 4.78 is 4.68. The molecule has 11 heavy (non-hydrogen) atoms. The zero-order valence-electron chi connectivity index (χ0n) is 6.13. The topological polar surface area (TPSA) is 108 Å². The van der Waals surface area contributed by atoms with Crippen molar-refractivity contribution in [1.82, 2.24) is 5.32 Å². The fourth-order valence-corrected chi connectivity index (χ4v) is 0.316. The van der Waals surface area contributed by atoms with Gasteiger partial charge in [0.25, 0.3) is 0 Å². The maximum Gasteiger partial charge on any atom is 0.332 e. The molecule has 0 aromatic carbocycles. The number of aliphatic carboxylic acids is 1. The van der Waals surface area contributed by atoms with E-state index in [1.54, 1.807) is 0 Å². The van der Waals surface area contributed by atoms with E-state index in [0.717, 1.165) is 0 Å². The third kappa shape index (κ3) is 5.16. The lowest BCUT2D eigenvalue weighted by molar-refractivity contribution is -0.149. The Labute approximate surface area is 63.8 Å². The number of ether oxygens (including phenoxy) is 1. The largest absolute Gasteiger partial charge is 0.479 e. The Kier molecular flexibility index (Phi) is 3.97. The number of rotatable bonds is 4. The van der Waals surface area contributed by atoms with Crippen LogP contribution in [0.15, 0.2) is 0 Å². The number of carbonyl (C=O) groups is 1. The molecule has 0 spiro atoms. The smallest absolute Gasteiger partial charge is 0.332 e. The van der Waals surface area contributed by atoms with Crippen molar-refractivity contribution in [2.75, 3.05) is 6.73 Å². The normalized spacial score (nSPS) is 12.1. The molecule has 0 fully saturated rings. The van der Waals surface area contributed by atoms with Gasteiger partial charge in [-0.25, -0.2) is 4.79 Å². The predicted molar refractivity (Wildman–Crippen MR) is 38.1 cm³/mol. The molecule has 0 aliphatic rings. The Hall–Kier alpha value is -1.30. The van der Waals surface area contributed by atoms with Crippen LogP contribution in [0.25, 0.3) is 0 Å². The zero-order valence-corrected chi connectivity index (χ0v) is 6.13. The minimum atomic E-state index is -1.05. The Balaban J connectivity index is 3.39. The molecular formula is C5H11N3O3. The van der Waals surface area contributed by atoms with Gasteiger partial charge in [0.05, 0.1) is 0 Å². The number of hydrogen-bond donors (Lipinski definition) is 4. The van der Waals surface area contributed by atoms with E-state index in [4.69, 9.17) is 16.2 Å². The molecule has 6 heteroatoms. The first-order valence-electron chi connectivity index (χ1n) is 2.96. The summed E-state index contributed by atoms with van der Waals surface area (Å²) >= 11 is 0. The standard InChI is InChI=1S/C5H11N3O3/c1-3(4(9)10)11-2-8-5(6)7/h3H,2H2,1H3,(H,9,10)(H4,6,7,8). The minimum absolute atomic E-state index is 0.0667. The monoisotopic (exact) mass is 161 g/mol. The van der Waals surface area contributed by atoms with Crippen molar-refractivity contribution in [2.24, 2.45) is 5.73 Å². The van der Waals surface area contributed by atoms with E-state index in [0.29, 0.717) is 0 Å². The van der Waals surface area contributed by atoms with Gasteiger partial charge in [0.15, 0.2) is 12.1 Å².